The van der Waals surface area contributed by atoms with Gasteiger partial charge in [0.25, 0.3) is 5.91 Å². The largest absolute Gasteiger partial charge is 0.481 e. The van der Waals surface area contributed by atoms with Gasteiger partial charge in [-0.3, -0.25) is 14.9 Å². The fraction of sp³-hybridized carbons (Fsp3) is 0.467. The summed E-state index contributed by atoms with van der Waals surface area (Å²) in [4.78, 5) is 25.1. The van der Waals surface area contributed by atoms with Gasteiger partial charge in [-0.05, 0) is 24.3 Å². The first kappa shape index (κ1) is 13.9. The number of carbonyl (C=O) groups excluding carboxylic acids is 2. The molecule has 6 nitrogen and oxygen atoms in total. The van der Waals surface area contributed by atoms with Gasteiger partial charge in [-0.15, -0.1) is 0 Å². The second kappa shape index (κ2) is 6.13. The van der Waals surface area contributed by atoms with E-state index in [0.717, 1.165) is 31.9 Å². The van der Waals surface area contributed by atoms with Gasteiger partial charge >= 0.3 is 0 Å². The van der Waals surface area contributed by atoms with Crippen LogP contribution < -0.4 is 20.3 Å². The van der Waals surface area contributed by atoms with Gasteiger partial charge in [-0.25, -0.2) is 0 Å². The molecule has 1 aromatic rings. The van der Waals surface area contributed by atoms with Crippen LogP contribution in [0.4, 0.5) is 5.69 Å². The van der Waals surface area contributed by atoms with Crippen molar-refractivity contribution in [3.8, 4) is 5.75 Å². The Hall–Kier alpha value is -2.08. The minimum Gasteiger partial charge on any atom is -0.481 e. The van der Waals surface area contributed by atoms with Crippen molar-refractivity contribution in [1.29, 1.82) is 0 Å². The summed E-state index contributed by atoms with van der Waals surface area (Å²) < 4.78 is 5.66. The minimum absolute atomic E-state index is 0.228. The highest BCUT2D eigenvalue weighted by Gasteiger charge is 2.28. The number of ether oxygens (including phenoxy) is 1. The number of imide groups is 1. The van der Waals surface area contributed by atoms with Gasteiger partial charge in [-0.2, -0.15) is 0 Å². The molecule has 2 heterocycles. The first-order valence-corrected chi connectivity index (χ1v) is 7.28. The predicted octanol–water partition coefficient (Wildman–Crippen LogP) is 0.280. The Bertz CT molecular complexity index is 523. The zero-order chi connectivity index (χ0) is 14.7. The summed E-state index contributed by atoms with van der Waals surface area (Å²) in [5.41, 5.74) is 1.16. The highest BCUT2D eigenvalue weighted by Crippen LogP contribution is 2.22. The Kier molecular flexibility index (Phi) is 4.06. The molecule has 112 valence electrons. The molecule has 0 saturated carbocycles. The van der Waals surface area contributed by atoms with E-state index in [4.69, 9.17) is 4.74 Å². The molecule has 1 unspecified atom stereocenters. The van der Waals surface area contributed by atoms with Crippen molar-refractivity contribution in [3.05, 3.63) is 24.3 Å². The maximum Gasteiger partial charge on any atom is 0.267 e. The second-order valence-corrected chi connectivity index (χ2v) is 5.29. The number of benzene rings is 1. The molecule has 2 aliphatic heterocycles. The van der Waals surface area contributed by atoms with Crippen LogP contribution in [-0.2, 0) is 9.59 Å². The number of nitrogens with zero attached hydrogens (tertiary/aromatic N) is 1. The molecule has 0 radical (unpaired) electrons. The smallest absolute Gasteiger partial charge is 0.267 e. The third-order valence-electron chi connectivity index (χ3n) is 3.79. The number of hydrogen-bond acceptors (Lipinski definition) is 5. The van der Waals surface area contributed by atoms with Crippen LogP contribution in [-0.4, -0.2) is 44.1 Å². The second-order valence-electron chi connectivity index (χ2n) is 5.29. The molecule has 0 spiro atoms. The summed E-state index contributed by atoms with van der Waals surface area (Å²) >= 11 is 0. The van der Waals surface area contributed by atoms with Crippen LogP contribution in [0.2, 0.25) is 0 Å². The maximum atomic E-state index is 11.7. The first-order chi connectivity index (χ1) is 10.2. The van der Waals surface area contributed by atoms with Crippen molar-refractivity contribution in [2.24, 2.45) is 0 Å². The summed E-state index contributed by atoms with van der Waals surface area (Å²) in [6, 6.07) is 7.77. The van der Waals surface area contributed by atoms with Crippen molar-refractivity contribution >= 4 is 17.5 Å². The molecular formula is C15H19N3O3. The molecule has 0 aromatic heterocycles. The number of piperidine rings is 1. The number of hydrogen-bond donors (Lipinski definition) is 2. The number of anilines is 1. The van der Waals surface area contributed by atoms with Gasteiger partial charge in [0.1, 0.15) is 5.75 Å². The van der Waals surface area contributed by atoms with E-state index in [0.29, 0.717) is 18.6 Å². The van der Waals surface area contributed by atoms with Gasteiger partial charge in [-0.1, -0.05) is 0 Å². The molecular weight excluding hydrogens is 270 g/mol. The lowest BCUT2D eigenvalue weighted by atomic mass is 10.1. The van der Waals surface area contributed by atoms with E-state index in [1.165, 1.54) is 0 Å². The molecule has 1 aromatic carbocycles. The predicted molar refractivity (Wildman–Crippen MR) is 78.3 cm³/mol. The zero-order valence-electron chi connectivity index (χ0n) is 11.8. The van der Waals surface area contributed by atoms with Crippen LogP contribution in [0.3, 0.4) is 0 Å². The normalized spacial score (nSPS) is 22.9. The Labute approximate surface area is 123 Å². The van der Waals surface area contributed by atoms with Crippen LogP contribution >= 0.6 is 0 Å². The zero-order valence-corrected chi connectivity index (χ0v) is 11.8. The summed E-state index contributed by atoms with van der Waals surface area (Å²) in [7, 11) is 0. The molecule has 2 fully saturated rings. The summed E-state index contributed by atoms with van der Waals surface area (Å²) in [5.74, 6) is 0.0784. The Morgan fingerprint density at radius 1 is 1.10 bits per heavy atom. The van der Waals surface area contributed by atoms with Crippen molar-refractivity contribution in [1.82, 2.24) is 10.6 Å². The third kappa shape index (κ3) is 3.33. The molecule has 2 N–H and O–H groups in total. The summed E-state index contributed by atoms with van der Waals surface area (Å²) in [6.45, 7) is 3.98. The lowest BCUT2D eigenvalue weighted by Crippen LogP contribution is -2.46. The summed E-state index contributed by atoms with van der Waals surface area (Å²) in [5, 5.41) is 5.61. The third-order valence-corrected chi connectivity index (χ3v) is 3.79. The average molecular weight is 289 g/mol. The quantitative estimate of drug-likeness (QED) is 0.782. The molecule has 2 aliphatic rings. The molecule has 1 atom stereocenters. The van der Waals surface area contributed by atoms with Gasteiger partial charge in [0.2, 0.25) is 5.91 Å². The van der Waals surface area contributed by atoms with Crippen molar-refractivity contribution in [2.45, 2.75) is 18.9 Å². The molecule has 0 aliphatic carbocycles. The topological polar surface area (TPSA) is 70.7 Å². The van der Waals surface area contributed by atoms with Crippen molar-refractivity contribution in [3.63, 3.8) is 0 Å². The van der Waals surface area contributed by atoms with Crippen LogP contribution in [0.15, 0.2) is 24.3 Å². The Morgan fingerprint density at radius 3 is 2.48 bits per heavy atom. The van der Waals surface area contributed by atoms with Crippen molar-refractivity contribution in [2.75, 3.05) is 31.1 Å². The molecule has 2 saturated heterocycles. The van der Waals surface area contributed by atoms with Gasteiger partial charge in [0.15, 0.2) is 6.10 Å². The van der Waals surface area contributed by atoms with E-state index < -0.39 is 6.10 Å². The molecule has 2 amide bonds. The standard InChI is InChI=1S/C15H19N3O3/c19-14-6-5-13(15(20)17-14)21-12-3-1-11(2-4-12)18-9-7-16-8-10-18/h1-4,13,16H,5-10H2,(H,17,19,20). The number of carbonyl (C=O) groups is 2. The number of rotatable bonds is 3. The molecule has 6 heteroatoms. The van der Waals surface area contributed by atoms with Gasteiger partial charge in [0, 0.05) is 44.7 Å². The van der Waals surface area contributed by atoms with E-state index in [-0.39, 0.29) is 11.8 Å². The summed E-state index contributed by atoms with van der Waals surface area (Å²) in [6.07, 6.45) is 0.187. The minimum atomic E-state index is -0.576. The number of nitrogens with one attached hydrogen (secondary N) is 2. The first-order valence-electron chi connectivity index (χ1n) is 7.28. The Balaban J connectivity index is 1.61. The van der Waals surface area contributed by atoms with Crippen molar-refractivity contribution < 1.29 is 14.3 Å². The lowest BCUT2D eigenvalue weighted by Gasteiger charge is -2.29. The van der Waals surface area contributed by atoms with Crippen LogP contribution in [0.5, 0.6) is 5.75 Å². The average Bonchev–Trinajstić information content (AvgIpc) is 2.52. The highest BCUT2D eigenvalue weighted by atomic mass is 16.5. The molecule has 21 heavy (non-hydrogen) atoms. The SMILES string of the molecule is O=C1CCC(Oc2ccc(N3CCNCC3)cc2)C(=O)N1. The fourth-order valence-corrected chi connectivity index (χ4v) is 2.61. The van der Waals surface area contributed by atoms with E-state index >= 15 is 0 Å². The van der Waals surface area contributed by atoms with E-state index in [2.05, 4.69) is 15.5 Å². The fourth-order valence-electron chi connectivity index (χ4n) is 2.61. The van der Waals surface area contributed by atoms with Crippen LogP contribution in [0, 0.1) is 0 Å². The lowest BCUT2D eigenvalue weighted by molar-refractivity contribution is -0.138. The number of amides is 2. The van der Waals surface area contributed by atoms with Crippen LogP contribution in [0.1, 0.15) is 12.8 Å². The van der Waals surface area contributed by atoms with Crippen LogP contribution in [0.25, 0.3) is 0 Å². The highest BCUT2D eigenvalue weighted by molar-refractivity contribution is 5.99. The molecule has 0 bridgehead atoms. The van der Waals surface area contributed by atoms with Gasteiger partial charge < -0.3 is 15.0 Å². The maximum absolute atomic E-state index is 11.7. The number of piperazine rings is 1. The monoisotopic (exact) mass is 289 g/mol. The molecule has 3 rings (SSSR count). The Morgan fingerprint density at radius 2 is 1.81 bits per heavy atom. The van der Waals surface area contributed by atoms with Gasteiger partial charge in [0.05, 0.1) is 0 Å². The van der Waals surface area contributed by atoms with E-state index in [9.17, 15) is 9.59 Å². The van der Waals surface area contributed by atoms with E-state index in [1.54, 1.807) is 0 Å². The van der Waals surface area contributed by atoms with E-state index in [1.807, 2.05) is 24.3 Å².